The van der Waals surface area contributed by atoms with Gasteiger partial charge in [0.05, 0.1) is 26.2 Å². The van der Waals surface area contributed by atoms with E-state index in [9.17, 15) is 19.2 Å². The van der Waals surface area contributed by atoms with Gasteiger partial charge in [0.15, 0.2) is 0 Å². The highest BCUT2D eigenvalue weighted by Crippen LogP contribution is 1.94. The first-order valence-corrected chi connectivity index (χ1v) is 5.52. The summed E-state index contributed by atoms with van der Waals surface area (Å²) in [6.07, 6.45) is 0. The molecule has 0 radical (unpaired) electrons. The third kappa shape index (κ3) is 17.6. The van der Waals surface area contributed by atoms with Crippen molar-refractivity contribution in [1.82, 2.24) is 9.80 Å². The van der Waals surface area contributed by atoms with Gasteiger partial charge in [-0.3, -0.25) is 29.0 Å². The topological polar surface area (TPSA) is 250 Å². The van der Waals surface area contributed by atoms with Crippen LogP contribution in [0.25, 0.3) is 0 Å². The van der Waals surface area contributed by atoms with Gasteiger partial charge in [-0.1, -0.05) is 0 Å². The van der Waals surface area contributed by atoms with Crippen LogP contribution in [0.2, 0.25) is 0 Å². The van der Waals surface area contributed by atoms with Gasteiger partial charge in [-0.05, 0) is 0 Å². The molecule has 0 atom stereocenters. The van der Waals surface area contributed by atoms with Crippen molar-refractivity contribution in [3.05, 3.63) is 0 Å². The Hall–Kier alpha value is -2.32. The molecule has 0 aliphatic carbocycles. The van der Waals surface area contributed by atoms with E-state index >= 15 is 0 Å². The van der Waals surface area contributed by atoms with Crippen molar-refractivity contribution in [3.63, 3.8) is 0 Å². The molecule has 0 unspecified atom stereocenters. The Morgan fingerprint density at radius 3 is 0.826 bits per heavy atom. The van der Waals surface area contributed by atoms with Crippen molar-refractivity contribution < 1.29 is 56.0 Å². The molecule has 0 aliphatic rings. The fraction of sp³-hybridized carbons (Fsp3) is 0.600. The Balaban J connectivity index is -0.000000602. The summed E-state index contributed by atoms with van der Waals surface area (Å²) in [6.45, 7) is -2.25. The molecule has 138 valence electrons. The predicted molar refractivity (Wildman–Crippen MR) is 74.3 cm³/mol. The van der Waals surface area contributed by atoms with E-state index in [1.165, 1.54) is 0 Å². The van der Waals surface area contributed by atoms with Crippen molar-refractivity contribution in [2.24, 2.45) is 0 Å². The maximum absolute atomic E-state index is 10.6. The van der Waals surface area contributed by atoms with Crippen LogP contribution in [0.1, 0.15) is 0 Å². The first-order chi connectivity index (χ1) is 9.20. The second kappa shape index (κ2) is 14.6. The quantitative estimate of drug-likeness (QED) is 0.278. The highest BCUT2D eigenvalue weighted by atomic mass is 16.4. The smallest absolute Gasteiger partial charge is 0.317 e. The van der Waals surface area contributed by atoms with E-state index in [0.29, 0.717) is 0 Å². The largest absolute Gasteiger partial charge is 0.480 e. The van der Waals surface area contributed by atoms with E-state index in [1.54, 1.807) is 0 Å². The zero-order valence-electron chi connectivity index (χ0n) is 12.1. The Morgan fingerprint density at radius 2 is 0.696 bits per heavy atom. The Kier molecular flexibility index (Phi) is 18.3. The highest BCUT2D eigenvalue weighted by molar-refractivity contribution is 5.73. The van der Waals surface area contributed by atoms with E-state index in [-0.39, 0.29) is 29.5 Å². The first kappa shape index (κ1) is 28.8. The molecule has 13 nitrogen and oxygen atoms in total. The SMILES string of the molecule is O.O.O.O=C(O)CN(CCN(CC(=O)O)CC(=O)O)CC(=O)O. The molecule has 0 heterocycles. The number of nitrogens with zero attached hydrogens (tertiary/aromatic N) is 2. The third-order valence-electron chi connectivity index (χ3n) is 2.17. The van der Waals surface area contributed by atoms with Gasteiger partial charge in [-0.2, -0.15) is 0 Å². The van der Waals surface area contributed by atoms with Crippen LogP contribution >= 0.6 is 0 Å². The maximum Gasteiger partial charge on any atom is 0.317 e. The van der Waals surface area contributed by atoms with Gasteiger partial charge >= 0.3 is 23.9 Å². The normalized spacial score (nSPS) is 9.30. The lowest BCUT2D eigenvalue weighted by Crippen LogP contribution is -2.43. The number of hydrogen-bond acceptors (Lipinski definition) is 6. The molecule has 0 aromatic heterocycles. The van der Waals surface area contributed by atoms with Crippen LogP contribution in [0.4, 0.5) is 0 Å². The summed E-state index contributed by atoms with van der Waals surface area (Å²) in [5, 5.41) is 34.5. The van der Waals surface area contributed by atoms with Crippen molar-refractivity contribution >= 4 is 23.9 Å². The number of carboxylic acids is 4. The van der Waals surface area contributed by atoms with Gasteiger partial charge in [0.2, 0.25) is 0 Å². The van der Waals surface area contributed by atoms with Crippen LogP contribution in [0.5, 0.6) is 0 Å². The standard InChI is InChI=1S/C10H16N2O8.3H2O/c13-7(14)3-11(4-8(15)16)1-2-12(5-9(17)18)6-10(19)20;;;/h1-6H2,(H,13,14)(H,15,16)(H,17,18)(H,19,20);3*1H2. The number of carboxylic acid groups (broad SMARTS) is 4. The minimum absolute atomic E-state index is 0. The molecule has 0 saturated carbocycles. The molecule has 0 saturated heterocycles. The number of carbonyl (C=O) groups is 4. The average molecular weight is 346 g/mol. The molecule has 10 N–H and O–H groups in total. The first-order valence-electron chi connectivity index (χ1n) is 5.52. The van der Waals surface area contributed by atoms with E-state index in [0.717, 1.165) is 9.80 Å². The van der Waals surface area contributed by atoms with Crippen molar-refractivity contribution in [2.45, 2.75) is 0 Å². The highest BCUT2D eigenvalue weighted by Gasteiger charge is 2.17. The zero-order chi connectivity index (χ0) is 15.7. The average Bonchev–Trinajstić information content (AvgIpc) is 2.22. The van der Waals surface area contributed by atoms with E-state index in [2.05, 4.69) is 0 Å². The summed E-state index contributed by atoms with van der Waals surface area (Å²) in [6, 6.07) is 0. The molecule has 0 aromatic carbocycles. The Labute approximate surface area is 130 Å². The second-order valence-electron chi connectivity index (χ2n) is 4.00. The summed E-state index contributed by atoms with van der Waals surface area (Å²) in [7, 11) is 0. The Morgan fingerprint density at radius 1 is 0.522 bits per heavy atom. The molecule has 0 spiro atoms. The molecule has 0 fully saturated rings. The minimum atomic E-state index is -1.23. The predicted octanol–water partition coefficient (Wildman–Crippen LogP) is -4.55. The van der Waals surface area contributed by atoms with Gasteiger partial charge in [0, 0.05) is 13.1 Å². The summed E-state index contributed by atoms with van der Waals surface area (Å²) in [5.41, 5.74) is 0. The molecule has 0 rings (SSSR count). The lowest BCUT2D eigenvalue weighted by atomic mass is 10.4. The third-order valence-corrected chi connectivity index (χ3v) is 2.17. The number of aliphatic carboxylic acids is 4. The van der Waals surface area contributed by atoms with Crippen LogP contribution in [-0.4, -0.2) is 110 Å². The number of hydrogen-bond donors (Lipinski definition) is 4. The lowest BCUT2D eigenvalue weighted by Gasteiger charge is -2.23. The molecule has 0 aliphatic heterocycles. The van der Waals surface area contributed by atoms with Gasteiger partial charge in [-0.15, -0.1) is 0 Å². The van der Waals surface area contributed by atoms with Gasteiger partial charge in [0.25, 0.3) is 0 Å². The molecular formula is C10H22N2O11. The van der Waals surface area contributed by atoms with E-state index in [4.69, 9.17) is 20.4 Å². The fourth-order valence-corrected chi connectivity index (χ4v) is 1.48. The van der Waals surface area contributed by atoms with Gasteiger partial charge in [0.1, 0.15) is 0 Å². The van der Waals surface area contributed by atoms with E-state index < -0.39 is 50.1 Å². The van der Waals surface area contributed by atoms with Gasteiger partial charge in [-0.25, -0.2) is 0 Å². The summed E-state index contributed by atoms with van der Waals surface area (Å²) in [5.74, 6) is -4.91. The van der Waals surface area contributed by atoms with Crippen LogP contribution in [0.15, 0.2) is 0 Å². The summed E-state index contributed by atoms with van der Waals surface area (Å²) < 4.78 is 0. The van der Waals surface area contributed by atoms with Crippen LogP contribution < -0.4 is 0 Å². The van der Waals surface area contributed by atoms with Crippen molar-refractivity contribution in [3.8, 4) is 0 Å². The molecule has 0 aromatic rings. The zero-order valence-corrected chi connectivity index (χ0v) is 12.1. The molecule has 23 heavy (non-hydrogen) atoms. The summed E-state index contributed by atoms with van der Waals surface area (Å²) in [4.78, 5) is 44.4. The van der Waals surface area contributed by atoms with Crippen LogP contribution in [-0.2, 0) is 19.2 Å². The second-order valence-corrected chi connectivity index (χ2v) is 4.00. The molecule has 13 heteroatoms. The van der Waals surface area contributed by atoms with Crippen LogP contribution in [0, 0.1) is 0 Å². The Bertz CT molecular complexity index is 319. The van der Waals surface area contributed by atoms with Crippen molar-refractivity contribution in [1.29, 1.82) is 0 Å². The summed E-state index contributed by atoms with van der Waals surface area (Å²) >= 11 is 0. The number of rotatable bonds is 11. The minimum Gasteiger partial charge on any atom is -0.480 e. The maximum atomic E-state index is 10.6. The van der Waals surface area contributed by atoms with Crippen LogP contribution in [0.3, 0.4) is 0 Å². The van der Waals surface area contributed by atoms with Crippen molar-refractivity contribution in [2.75, 3.05) is 39.3 Å². The monoisotopic (exact) mass is 346 g/mol. The molecule has 0 bridgehead atoms. The van der Waals surface area contributed by atoms with E-state index in [1.807, 2.05) is 0 Å². The lowest BCUT2D eigenvalue weighted by molar-refractivity contribution is -0.145. The fourth-order valence-electron chi connectivity index (χ4n) is 1.48. The van der Waals surface area contributed by atoms with Gasteiger partial charge < -0.3 is 36.9 Å². The molecular weight excluding hydrogens is 324 g/mol. The molecule has 0 amide bonds.